The van der Waals surface area contributed by atoms with Gasteiger partial charge in [-0.1, -0.05) is 36.4 Å². The quantitative estimate of drug-likeness (QED) is 0.696. The van der Waals surface area contributed by atoms with Crippen molar-refractivity contribution in [2.24, 2.45) is 0 Å². The number of hydrogen-bond acceptors (Lipinski definition) is 3. The summed E-state index contributed by atoms with van der Waals surface area (Å²) in [7, 11) is 0. The Morgan fingerprint density at radius 2 is 1.69 bits per heavy atom. The van der Waals surface area contributed by atoms with Gasteiger partial charge in [-0.2, -0.15) is 0 Å². The molecule has 0 atom stereocenters. The third-order valence-corrected chi connectivity index (χ3v) is 3.79. The third kappa shape index (κ3) is 4.42. The van der Waals surface area contributed by atoms with Crippen molar-refractivity contribution in [3.63, 3.8) is 0 Å². The smallest absolute Gasteiger partial charge is 0.257 e. The number of nitrogens with one attached hydrogen (secondary N) is 2. The molecule has 0 bridgehead atoms. The van der Waals surface area contributed by atoms with Crippen molar-refractivity contribution in [2.45, 2.75) is 6.42 Å². The maximum absolute atomic E-state index is 13.7. The first-order valence-corrected chi connectivity index (χ1v) is 8.11. The first-order chi connectivity index (χ1) is 12.6. The van der Waals surface area contributed by atoms with Gasteiger partial charge < -0.3 is 10.6 Å². The molecule has 0 radical (unpaired) electrons. The number of pyridine rings is 1. The summed E-state index contributed by atoms with van der Waals surface area (Å²) >= 11 is 0. The van der Waals surface area contributed by atoms with Crippen molar-refractivity contribution in [2.75, 3.05) is 17.2 Å². The average Bonchev–Trinajstić information content (AvgIpc) is 2.66. The lowest BCUT2D eigenvalue weighted by molar-refractivity contribution is 0.102. The van der Waals surface area contributed by atoms with Gasteiger partial charge in [-0.15, -0.1) is 0 Å². The van der Waals surface area contributed by atoms with Gasteiger partial charge in [-0.25, -0.2) is 8.78 Å². The summed E-state index contributed by atoms with van der Waals surface area (Å²) in [6, 6.07) is 15.0. The predicted molar refractivity (Wildman–Crippen MR) is 97.2 cm³/mol. The van der Waals surface area contributed by atoms with Gasteiger partial charge in [0.1, 0.15) is 17.3 Å². The molecule has 0 spiro atoms. The van der Waals surface area contributed by atoms with E-state index >= 15 is 0 Å². The zero-order valence-electron chi connectivity index (χ0n) is 13.9. The molecule has 0 aliphatic carbocycles. The molecule has 6 heteroatoms. The Hall–Kier alpha value is -3.28. The molecule has 2 aromatic carbocycles. The molecular formula is C20H17F2N3O. The van der Waals surface area contributed by atoms with Crippen LogP contribution >= 0.6 is 0 Å². The Labute approximate surface area is 149 Å². The van der Waals surface area contributed by atoms with Gasteiger partial charge in [-0.3, -0.25) is 9.78 Å². The summed E-state index contributed by atoms with van der Waals surface area (Å²) in [4.78, 5) is 16.3. The van der Waals surface area contributed by atoms with E-state index in [1.165, 1.54) is 17.8 Å². The molecule has 3 rings (SSSR count). The lowest BCUT2D eigenvalue weighted by Crippen LogP contribution is -2.15. The van der Waals surface area contributed by atoms with Gasteiger partial charge in [0.15, 0.2) is 0 Å². The van der Waals surface area contributed by atoms with E-state index in [-0.39, 0.29) is 5.56 Å². The number of halogens is 2. The number of anilines is 2. The maximum Gasteiger partial charge on any atom is 0.257 e. The van der Waals surface area contributed by atoms with E-state index in [2.05, 4.69) is 15.6 Å². The van der Waals surface area contributed by atoms with E-state index in [4.69, 9.17) is 0 Å². The predicted octanol–water partition coefficient (Wildman–Crippen LogP) is 4.27. The number of nitrogens with zero attached hydrogens (tertiary/aromatic N) is 1. The molecule has 0 aliphatic heterocycles. The van der Waals surface area contributed by atoms with Crippen LogP contribution < -0.4 is 10.6 Å². The highest BCUT2D eigenvalue weighted by Gasteiger charge is 2.14. The van der Waals surface area contributed by atoms with Gasteiger partial charge in [0.05, 0.1) is 11.3 Å². The molecule has 0 saturated carbocycles. The van der Waals surface area contributed by atoms with Gasteiger partial charge in [0.25, 0.3) is 5.91 Å². The lowest BCUT2D eigenvalue weighted by atomic mass is 10.1. The van der Waals surface area contributed by atoms with Gasteiger partial charge in [0, 0.05) is 18.9 Å². The van der Waals surface area contributed by atoms with E-state index in [1.807, 2.05) is 30.3 Å². The number of benzene rings is 2. The highest BCUT2D eigenvalue weighted by molar-refractivity contribution is 6.04. The van der Waals surface area contributed by atoms with E-state index < -0.39 is 23.2 Å². The Kier molecular flexibility index (Phi) is 5.53. The van der Waals surface area contributed by atoms with Crippen LogP contribution in [0, 0.1) is 11.6 Å². The van der Waals surface area contributed by atoms with Crippen LogP contribution in [0.2, 0.25) is 0 Å². The lowest BCUT2D eigenvalue weighted by Gasteiger charge is -2.10. The normalized spacial score (nSPS) is 10.4. The van der Waals surface area contributed by atoms with Crippen LogP contribution in [0.1, 0.15) is 15.9 Å². The van der Waals surface area contributed by atoms with E-state index in [1.54, 1.807) is 12.3 Å². The minimum atomic E-state index is -0.830. The van der Waals surface area contributed by atoms with Crippen LogP contribution in [0.4, 0.5) is 20.2 Å². The van der Waals surface area contributed by atoms with Crippen molar-refractivity contribution >= 4 is 17.3 Å². The fraction of sp³-hybridized carbons (Fsp3) is 0.100. The van der Waals surface area contributed by atoms with Gasteiger partial charge >= 0.3 is 0 Å². The van der Waals surface area contributed by atoms with Crippen molar-refractivity contribution in [1.82, 2.24) is 4.98 Å². The monoisotopic (exact) mass is 353 g/mol. The van der Waals surface area contributed by atoms with Crippen LogP contribution in [-0.4, -0.2) is 17.4 Å². The fourth-order valence-electron chi connectivity index (χ4n) is 2.46. The Morgan fingerprint density at radius 1 is 0.962 bits per heavy atom. The fourth-order valence-corrected chi connectivity index (χ4v) is 2.46. The number of carbonyl (C=O) groups excluding carboxylic acids is 1. The number of para-hydroxylation sites is 1. The molecule has 0 saturated heterocycles. The Morgan fingerprint density at radius 3 is 2.42 bits per heavy atom. The number of hydrogen-bond donors (Lipinski definition) is 2. The van der Waals surface area contributed by atoms with E-state index in [9.17, 15) is 13.6 Å². The molecule has 3 aromatic rings. The molecule has 0 aliphatic rings. The number of aromatic nitrogens is 1. The first kappa shape index (κ1) is 17.5. The minimum Gasteiger partial charge on any atom is -0.383 e. The van der Waals surface area contributed by atoms with Crippen LogP contribution in [0.5, 0.6) is 0 Å². The van der Waals surface area contributed by atoms with Crippen LogP contribution in [0.25, 0.3) is 0 Å². The summed E-state index contributed by atoms with van der Waals surface area (Å²) in [5, 5.41) is 5.43. The zero-order valence-corrected chi connectivity index (χ0v) is 13.9. The number of carbonyl (C=O) groups is 1. The molecule has 0 fully saturated rings. The van der Waals surface area contributed by atoms with Crippen LogP contribution in [0.3, 0.4) is 0 Å². The summed E-state index contributed by atoms with van der Waals surface area (Å²) in [5.74, 6) is -2.29. The van der Waals surface area contributed by atoms with Crippen molar-refractivity contribution in [3.05, 3.63) is 89.8 Å². The summed E-state index contributed by atoms with van der Waals surface area (Å²) in [5.41, 5.74) is 1.58. The molecule has 1 heterocycles. The van der Waals surface area contributed by atoms with Gasteiger partial charge in [-0.05, 0) is 30.2 Å². The Bertz CT molecular complexity index is 880. The van der Waals surface area contributed by atoms with E-state index in [0.717, 1.165) is 18.6 Å². The second kappa shape index (κ2) is 8.20. The number of amides is 1. The van der Waals surface area contributed by atoms with Gasteiger partial charge in [0.2, 0.25) is 0 Å². The SMILES string of the molecule is O=C(Nc1c(F)cccc1F)c1cncc(NCCc2ccccc2)c1. The minimum absolute atomic E-state index is 0.206. The largest absolute Gasteiger partial charge is 0.383 e. The summed E-state index contributed by atoms with van der Waals surface area (Å²) in [6.07, 6.45) is 3.75. The van der Waals surface area contributed by atoms with Crippen LogP contribution in [-0.2, 0) is 6.42 Å². The highest BCUT2D eigenvalue weighted by Crippen LogP contribution is 2.19. The summed E-state index contributed by atoms with van der Waals surface area (Å²) < 4.78 is 27.3. The zero-order chi connectivity index (χ0) is 18.4. The molecule has 132 valence electrons. The molecule has 1 amide bonds. The molecular weight excluding hydrogens is 336 g/mol. The van der Waals surface area contributed by atoms with Crippen molar-refractivity contribution < 1.29 is 13.6 Å². The van der Waals surface area contributed by atoms with Crippen LogP contribution in [0.15, 0.2) is 67.0 Å². The molecule has 1 aromatic heterocycles. The van der Waals surface area contributed by atoms with Crippen molar-refractivity contribution in [1.29, 1.82) is 0 Å². The topological polar surface area (TPSA) is 54.0 Å². The maximum atomic E-state index is 13.7. The molecule has 4 nitrogen and oxygen atoms in total. The number of rotatable bonds is 6. The molecule has 2 N–H and O–H groups in total. The van der Waals surface area contributed by atoms with E-state index in [0.29, 0.717) is 12.2 Å². The first-order valence-electron chi connectivity index (χ1n) is 8.11. The second-order valence-corrected chi connectivity index (χ2v) is 5.68. The Balaban J connectivity index is 1.64. The standard InChI is InChI=1S/C20H17F2N3O/c21-17-7-4-8-18(22)19(17)25-20(26)15-11-16(13-23-12-15)24-10-9-14-5-2-1-3-6-14/h1-8,11-13,24H,9-10H2,(H,25,26). The third-order valence-electron chi connectivity index (χ3n) is 3.79. The average molecular weight is 353 g/mol. The second-order valence-electron chi connectivity index (χ2n) is 5.68. The molecule has 26 heavy (non-hydrogen) atoms. The highest BCUT2D eigenvalue weighted by atomic mass is 19.1. The summed E-state index contributed by atoms with van der Waals surface area (Å²) in [6.45, 7) is 0.665. The van der Waals surface area contributed by atoms with Crippen molar-refractivity contribution in [3.8, 4) is 0 Å². The molecule has 0 unspecified atom stereocenters.